The average Bonchev–Trinajstić information content (AvgIpc) is 3.31. The van der Waals surface area contributed by atoms with Gasteiger partial charge in [0.05, 0.1) is 25.7 Å². The van der Waals surface area contributed by atoms with Gasteiger partial charge in [-0.2, -0.15) is 0 Å². The van der Waals surface area contributed by atoms with E-state index in [1.54, 1.807) is 0 Å². The number of amides is 1. The van der Waals surface area contributed by atoms with Gasteiger partial charge in [-0.15, -0.1) is 0 Å². The zero-order valence-electron chi connectivity index (χ0n) is 19.5. The van der Waals surface area contributed by atoms with E-state index in [-0.39, 0.29) is 36.4 Å². The Morgan fingerprint density at radius 1 is 1.22 bits per heavy atom. The Morgan fingerprint density at radius 3 is 2.75 bits per heavy atom. The van der Waals surface area contributed by atoms with Crippen molar-refractivity contribution in [1.82, 2.24) is 5.32 Å². The Labute approximate surface area is 192 Å². The van der Waals surface area contributed by atoms with Crippen molar-refractivity contribution in [2.24, 2.45) is 23.7 Å². The molecule has 0 heterocycles. The van der Waals surface area contributed by atoms with E-state index in [4.69, 9.17) is 0 Å². The standard InChI is InChI=1S/C26H41NO5/c1-32-26(31)13-14-27-25(30)10-6-5-7-18-15-20-17-24(29)21(22(20)16-18)11-12-23(28)19-8-3-2-4-9-19/h11-12,15,19-24,28-29H,2-10,13-14,16-17H2,1H3,(H,27,30)/b12-11+/t20-,21+,22-,23+,24+/m0/s1. The molecule has 0 unspecified atom stereocenters. The Hall–Kier alpha value is -1.66. The Balaban J connectivity index is 1.36. The lowest BCUT2D eigenvalue weighted by atomic mass is 9.83. The highest BCUT2D eigenvalue weighted by Gasteiger charge is 2.43. The Kier molecular flexibility index (Phi) is 9.79. The van der Waals surface area contributed by atoms with Crippen LogP contribution in [0.15, 0.2) is 23.8 Å². The number of allylic oxidation sites excluding steroid dienone is 2. The maximum atomic E-state index is 11.9. The highest BCUT2D eigenvalue weighted by Crippen LogP contribution is 2.48. The van der Waals surface area contributed by atoms with Gasteiger partial charge in [0, 0.05) is 18.9 Å². The molecule has 180 valence electrons. The number of aliphatic hydroxyl groups excluding tert-OH is 2. The molecule has 32 heavy (non-hydrogen) atoms. The van der Waals surface area contributed by atoms with Gasteiger partial charge in [0.25, 0.3) is 0 Å². The molecular weight excluding hydrogens is 406 g/mol. The molecule has 3 aliphatic carbocycles. The number of aliphatic hydroxyl groups is 2. The molecule has 1 amide bonds. The number of fused-ring (bicyclic) bond motifs is 1. The molecule has 3 rings (SSSR count). The van der Waals surface area contributed by atoms with Crippen molar-refractivity contribution in [3.05, 3.63) is 23.8 Å². The number of unbranched alkanes of at least 4 members (excludes halogenated alkanes) is 1. The molecule has 0 aromatic rings. The second kappa shape index (κ2) is 12.5. The minimum Gasteiger partial charge on any atom is -0.469 e. The first-order valence-electron chi connectivity index (χ1n) is 12.6. The number of esters is 1. The smallest absolute Gasteiger partial charge is 0.307 e. The van der Waals surface area contributed by atoms with Gasteiger partial charge in [0.1, 0.15) is 0 Å². The van der Waals surface area contributed by atoms with Gasteiger partial charge in [-0.3, -0.25) is 9.59 Å². The summed E-state index contributed by atoms with van der Waals surface area (Å²) < 4.78 is 4.56. The fraction of sp³-hybridized carbons (Fsp3) is 0.769. The van der Waals surface area contributed by atoms with Gasteiger partial charge in [-0.05, 0) is 62.7 Å². The van der Waals surface area contributed by atoms with Gasteiger partial charge >= 0.3 is 5.97 Å². The summed E-state index contributed by atoms with van der Waals surface area (Å²) in [4.78, 5) is 22.9. The fourth-order valence-electron chi connectivity index (χ4n) is 5.80. The number of hydrogen-bond donors (Lipinski definition) is 3. The molecule has 0 aromatic heterocycles. The van der Waals surface area contributed by atoms with E-state index < -0.39 is 0 Å². The SMILES string of the molecule is COC(=O)CCNC(=O)CCCCC1=C[C@H]2C[C@@H](O)[C@H](/C=C/[C@@H](O)C3CCCCC3)[C@H]2C1. The highest BCUT2D eigenvalue weighted by molar-refractivity contribution is 5.76. The van der Waals surface area contributed by atoms with Gasteiger partial charge < -0.3 is 20.3 Å². The van der Waals surface area contributed by atoms with Crippen LogP contribution < -0.4 is 5.32 Å². The molecule has 2 saturated carbocycles. The number of carbonyl (C=O) groups excluding carboxylic acids is 2. The first-order valence-corrected chi connectivity index (χ1v) is 12.6. The minimum absolute atomic E-state index is 0.0176. The van der Waals surface area contributed by atoms with Gasteiger partial charge in [0.2, 0.25) is 5.91 Å². The van der Waals surface area contributed by atoms with Crippen LogP contribution in [0.25, 0.3) is 0 Å². The molecule has 6 heteroatoms. The molecule has 0 spiro atoms. The van der Waals surface area contributed by atoms with Crippen molar-refractivity contribution in [3.8, 4) is 0 Å². The lowest BCUT2D eigenvalue weighted by Crippen LogP contribution is -2.25. The zero-order valence-corrected chi connectivity index (χ0v) is 19.5. The van der Waals surface area contributed by atoms with Crippen molar-refractivity contribution in [2.75, 3.05) is 13.7 Å². The van der Waals surface area contributed by atoms with Crippen LogP contribution in [-0.4, -0.2) is 48.0 Å². The molecule has 0 saturated heterocycles. The van der Waals surface area contributed by atoms with Crippen molar-refractivity contribution >= 4 is 11.9 Å². The molecule has 3 aliphatic rings. The predicted molar refractivity (Wildman–Crippen MR) is 124 cm³/mol. The molecule has 0 bridgehead atoms. The maximum absolute atomic E-state index is 11.9. The number of rotatable bonds is 11. The summed E-state index contributed by atoms with van der Waals surface area (Å²) in [6, 6.07) is 0. The topological polar surface area (TPSA) is 95.9 Å². The van der Waals surface area contributed by atoms with E-state index in [9.17, 15) is 19.8 Å². The normalized spacial score (nSPS) is 29.0. The van der Waals surface area contributed by atoms with Crippen molar-refractivity contribution in [2.45, 2.75) is 89.3 Å². The number of methoxy groups -OCH3 is 1. The summed E-state index contributed by atoms with van der Waals surface area (Å²) in [5.74, 6) is 1.05. The number of ether oxygens (including phenoxy) is 1. The van der Waals surface area contributed by atoms with Crippen LogP contribution in [0, 0.1) is 23.7 Å². The third-order valence-corrected chi connectivity index (χ3v) is 7.64. The van der Waals surface area contributed by atoms with Crippen LogP contribution >= 0.6 is 0 Å². The van der Waals surface area contributed by atoms with Crippen LogP contribution in [0.1, 0.15) is 77.0 Å². The summed E-state index contributed by atoms with van der Waals surface area (Å²) in [7, 11) is 1.34. The van der Waals surface area contributed by atoms with Crippen molar-refractivity contribution in [3.63, 3.8) is 0 Å². The lowest BCUT2D eigenvalue weighted by molar-refractivity contribution is -0.140. The molecule has 0 aromatic carbocycles. The number of nitrogens with one attached hydrogen (secondary N) is 1. The summed E-state index contributed by atoms with van der Waals surface area (Å²) in [6.07, 6.45) is 17.0. The molecule has 0 aliphatic heterocycles. The molecule has 6 nitrogen and oxygen atoms in total. The lowest BCUT2D eigenvalue weighted by Gasteiger charge is -2.25. The van der Waals surface area contributed by atoms with E-state index in [0.717, 1.165) is 44.9 Å². The molecule has 3 N–H and O–H groups in total. The first kappa shape index (κ1) is 25.0. The zero-order chi connectivity index (χ0) is 22.9. The number of carbonyl (C=O) groups is 2. The van der Waals surface area contributed by atoms with Crippen molar-refractivity contribution in [1.29, 1.82) is 0 Å². The van der Waals surface area contributed by atoms with E-state index in [2.05, 4.69) is 22.2 Å². The van der Waals surface area contributed by atoms with E-state index in [1.165, 1.54) is 31.9 Å². The van der Waals surface area contributed by atoms with Crippen LogP contribution in [-0.2, 0) is 14.3 Å². The van der Waals surface area contributed by atoms with E-state index >= 15 is 0 Å². The summed E-state index contributed by atoms with van der Waals surface area (Å²) in [5, 5.41) is 23.9. The van der Waals surface area contributed by atoms with Crippen LogP contribution in [0.4, 0.5) is 0 Å². The second-order valence-electron chi connectivity index (χ2n) is 9.89. The monoisotopic (exact) mass is 447 g/mol. The number of hydrogen-bond acceptors (Lipinski definition) is 5. The van der Waals surface area contributed by atoms with Gasteiger partial charge in [-0.25, -0.2) is 0 Å². The van der Waals surface area contributed by atoms with Crippen LogP contribution in [0.5, 0.6) is 0 Å². The first-order chi connectivity index (χ1) is 15.5. The molecule has 2 fully saturated rings. The van der Waals surface area contributed by atoms with E-state index in [0.29, 0.717) is 30.7 Å². The quantitative estimate of drug-likeness (QED) is 0.255. The summed E-state index contributed by atoms with van der Waals surface area (Å²) in [5.41, 5.74) is 1.45. The van der Waals surface area contributed by atoms with Crippen LogP contribution in [0.3, 0.4) is 0 Å². The molecule has 0 radical (unpaired) electrons. The minimum atomic E-state index is -0.380. The van der Waals surface area contributed by atoms with Crippen LogP contribution in [0.2, 0.25) is 0 Å². The molecule has 5 atom stereocenters. The summed E-state index contributed by atoms with van der Waals surface area (Å²) in [6.45, 7) is 0.326. The largest absolute Gasteiger partial charge is 0.469 e. The fourth-order valence-corrected chi connectivity index (χ4v) is 5.80. The predicted octanol–water partition coefficient (Wildman–Crippen LogP) is 3.67. The Morgan fingerprint density at radius 2 is 2.00 bits per heavy atom. The third kappa shape index (κ3) is 7.17. The highest BCUT2D eigenvalue weighted by atomic mass is 16.5. The average molecular weight is 448 g/mol. The van der Waals surface area contributed by atoms with Gasteiger partial charge in [0.15, 0.2) is 0 Å². The maximum Gasteiger partial charge on any atom is 0.307 e. The Bertz CT molecular complexity index is 682. The summed E-state index contributed by atoms with van der Waals surface area (Å²) >= 11 is 0. The van der Waals surface area contributed by atoms with E-state index in [1.807, 2.05) is 6.08 Å². The van der Waals surface area contributed by atoms with Gasteiger partial charge in [-0.1, -0.05) is 43.1 Å². The third-order valence-electron chi connectivity index (χ3n) is 7.64. The molecular formula is C26H41NO5. The van der Waals surface area contributed by atoms with Crippen molar-refractivity contribution < 1.29 is 24.5 Å². The second-order valence-corrected chi connectivity index (χ2v) is 9.89.